The SMILES string of the molecule is Cc1c2c(nc3ccc(C(F)(F)F)cc13)OC(C)CC2. The van der Waals surface area contributed by atoms with Gasteiger partial charge in [0.2, 0.25) is 5.88 Å². The van der Waals surface area contributed by atoms with Crippen LogP contribution in [-0.2, 0) is 12.6 Å². The zero-order valence-electron chi connectivity index (χ0n) is 11.2. The summed E-state index contributed by atoms with van der Waals surface area (Å²) in [4.78, 5) is 4.36. The van der Waals surface area contributed by atoms with Crippen LogP contribution in [-0.4, -0.2) is 11.1 Å². The maximum Gasteiger partial charge on any atom is 0.416 e. The molecule has 0 spiro atoms. The number of benzene rings is 1. The summed E-state index contributed by atoms with van der Waals surface area (Å²) in [6, 6.07) is 3.65. The van der Waals surface area contributed by atoms with Crippen LogP contribution in [0.25, 0.3) is 10.9 Å². The Hall–Kier alpha value is -1.78. The van der Waals surface area contributed by atoms with E-state index in [-0.39, 0.29) is 6.10 Å². The van der Waals surface area contributed by atoms with Crippen molar-refractivity contribution in [3.8, 4) is 5.88 Å². The Kier molecular flexibility index (Phi) is 2.88. The van der Waals surface area contributed by atoms with Crippen LogP contribution < -0.4 is 4.74 Å². The van der Waals surface area contributed by atoms with Crippen LogP contribution in [0.15, 0.2) is 18.2 Å². The lowest BCUT2D eigenvalue weighted by Crippen LogP contribution is -2.20. The topological polar surface area (TPSA) is 22.1 Å². The van der Waals surface area contributed by atoms with Crippen molar-refractivity contribution < 1.29 is 17.9 Å². The van der Waals surface area contributed by atoms with Crippen molar-refractivity contribution in [1.82, 2.24) is 4.98 Å². The number of nitrogens with zero attached hydrogens (tertiary/aromatic N) is 1. The Balaban J connectivity index is 2.22. The highest BCUT2D eigenvalue weighted by atomic mass is 19.4. The molecule has 0 saturated carbocycles. The van der Waals surface area contributed by atoms with E-state index in [9.17, 15) is 13.2 Å². The van der Waals surface area contributed by atoms with E-state index in [4.69, 9.17) is 4.74 Å². The van der Waals surface area contributed by atoms with Crippen molar-refractivity contribution in [2.24, 2.45) is 0 Å². The molecule has 0 saturated heterocycles. The number of pyridine rings is 1. The van der Waals surface area contributed by atoms with Crippen molar-refractivity contribution in [1.29, 1.82) is 0 Å². The van der Waals surface area contributed by atoms with Gasteiger partial charge in [-0.1, -0.05) is 0 Å². The Labute approximate surface area is 114 Å². The summed E-state index contributed by atoms with van der Waals surface area (Å²) in [5.74, 6) is 0.563. The molecule has 2 aromatic rings. The summed E-state index contributed by atoms with van der Waals surface area (Å²) < 4.78 is 44.1. The van der Waals surface area contributed by atoms with Gasteiger partial charge in [0, 0.05) is 10.9 Å². The molecule has 1 unspecified atom stereocenters. The quantitative estimate of drug-likeness (QED) is 0.719. The van der Waals surface area contributed by atoms with Gasteiger partial charge < -0.3 is 4.74 Å². The highest BCUT2D eigenvalue weighted by molar-refractivity contribution is 5.85. The maximum absolute atomic E-state index is 12.8. The fourth-order valence-corrected chi connectivity index (χ4v) is 2.60. The third kappa shape index (κ3) is 2.11. The second-order valence-electron chi connectivity index (χ2n) is 5.22. The molecule has 1 aliphatic heterocycles. The smallest absolute Gasteiger partial charge is 0.416 e. The van der Waals surface area contributed by atoms with E-state index in [2.05, 4.69) is 4.98 Å². The predicted octanol–water partition coefficient (Wildman–Crippen LogP) is 4.28. The number of halogens is 3. The minimum absolute atomic E-state index is 0.0984. The van der Waals surface area contributed by atoms with Crippen LogP contribution in [0.2, 0.25) is 0 Å². The third-order valence-corrected chi connectivity index (χ3v) is 3.77. The van der Waals surface area contributed by atoms with Crippen LogP contribution >= 0.6 is 0 Å². The molecule has 0 amide bonds. The number of aromatic nitrogens is 1. The minimum atomic E-state index is -4.33. The summed E-state index contributed by atoms with van der Waals surface area (Å²) in [5, 5.41) is 0.553. The molecule has 0 radical (unpaired) electrons. The number of ether oxygens (including phenoxy) is 1. The largest absolute Gasteiger partial charge is 0.474 e. The molecule has 1 atom stereocenters. The Morgan fingerprint density at radius 3 is 2.75 bits per heavy atom. The number of aryl methyl sites for hydroxylation is 1. The van der Waals surface area contributed by atoms with E-state index in [1.54, 1.807) is 0 Å². The second kappa shape index (κ2) is 4.36. The molecule has 3 rings (SSSR count). The lowest BCUT2D eigenvalue weighted by atomic mass is 9.96. The molecule has 0 fully saturated rings. The molecule has 5 heteroatoms. The number of fused-ring (bicyclic) bond motifs is 2. The average Bonchev–Trinajstić information content (AvgIpc) is 2.37. The first-order valence-electron chi connectivity index (χ1n) is 6.53. The molecule has 0 bridgehead atoms. The zero-order valence-corrected chi connectivity index (χ0v) is 11.2. The molecular weight excluding hydrogens is 267 g/mol. The molecule has 1 aromatic heterocycles. The third-order valence-electron chi connectivity index (χ3n) is 3.77. The van der Waals surface area contributed by atoms with Crippen molar-refractivity contribution in [3.63, 3.8) is 0 Å². The molecular formula is C15H14F3NO. The molecule has 2 heterocycles. The zero-order chi connectivity index (χ0) is 14.5. The van der Waals surface area contributed by atoms with Crippen molar-refractivity contribution in [2.75, 3.05) is 0 Å². The predicted molar refractivity (Wildman–Crippen MR) is 69.9 cm³/mol. The summed E-state index contributed by atoms with van der Waals surface area (Å²) in [6.45, 7) is 3.80. The van der Waals surface area contributed by atoms with Gasteiger partial charge in [0.1, 0.15) is 0 Å². The van der Waals surface area contributed by atoms with Crippen LogP contribution in [0.5, 0.6) is 5.88 Å². The summed E-state index contributed by atoms with van der Waals surface area (Å²) in [7, 11) is 0. The molecule has 1 aromatic carbocycles. The highest BCUT2D eigenvalue weighted by Crippen LogP contribution is 2.36. The van der Waals surface area contributed by atoms with E-state index in [0.717, 1.165) is 30.0 Å². The number of hydrogen-bond donors (Lipinski definition) is 0. The highest BCUT2D eigenvalue weighted by Gasteiger charge is 2.31. The lowest BCUT2D eigenvalue weighted by Gasteiger charge is -2.24. The molecule has 20 heavy (non-hydrogen) atoms. The van der Waals surface area contributed by atoms with E-state index < -0.39 is 11.7 Å². The first-order valence-corrected chi connectivity index (χ1v) is 6.53. The van der Waals surface area contributed by atoms with Crippen LogP contribution in [0.3, 0.4) is 0 Å². The van der Waals surface area contributed by atoms with Gasteiger partial charge in [0.25, 0.3) is 0 Å². The van der Waals surface area contributed by atoms with Crippen LogP contribution in [0.4, 0.5) is 13.2 Å². The Bertz CT molecular complexity index is 679. The normalized spacial score (nSPS) is 18.8. The summed E-state index contributed by atoms with van der Waals surface area (Å²) >= 11 is 0. The Morgan fingerprint density at radius 2 is 2.05 bits per heavy atom. The maximum atomic E-state index is 12.8. The van der Waals surface area contributed by atoms with Crippen molar-refractivity contribution in [3.05, 3.63) is 34.9 Å². The lowest BCUT2D eigenvalue weighted by molar-refractivity contribution is -0.137. The number of rotatable bonds is 0. The summed E-state index contributed by atoms with van der Waals surface area (Å²) in [5.41, 5.74) is 1.67. The second-order valence-corrected chi connectivity index (χ2v) is 5.22. The Morgan fingerprint density at radius 1 is 1.30 bits per heavy atom. The standard InChI is InChI=1S/C15H14F3NO/c1-8-3-5-11-9(2)12-7-10(15(16,17)18)4-6-13(12)19-14(11)20-8/h4,6-8H,3,5H2,1-2H3. The van der Waals surface area contributed by atoms with Crippen molar-refractivity contribution in [2.45, 2.75) is 39.0 Å². The van der Waals surface area contributed by atoms with Crippen LogP contribution in [0, 0.1) is 6.92 Å². The van der Waals surface area contributed by atoms with Gasteiger partial charge in [-0.15, -0.1) is 0 Å². The van der Waals surface area contributed by atoms with E-state index >= 15 is 0 Å². The van der Waals surface area contributed by atoms with Gasteiger partial charge in [-0.25, -0.2) is 4.98 Å². The van der Waals surface area contributed by atoms with Gasteiger partial charge in [-0.05, 0) is 50.5 Å². The molecule has 106 valence electrons. The monoisotopic (exact) mass is 281 g/mol. The molecule has 0 aliphatic carbocycles. The van der Waals surface area contributed by atoms with Crippen molar-refractivity contribution >= 4 is 10.9 Å². The van der Waals surface area contributed by atoms with E-state index in [1.807, 2.05) is 13.8 Å². The molecule has 0 N–H and O–H groups in total. The minimum Gasteiger partial charge on any atom is -0.474 e. The first-order chi connectivity index (χ1) is 9.36. The van der Waals surface area contributed by atoms with Gasteiger partial charge >= 0.3 is 6.18 Å². The van der Waals surface area contributed by atoms with Gasteiger partial charge in [-0.2, -0.15) is 13.2 Å². The first kappa shape index (κ1) is 13.2. The molecule has 1 aliphatic rings. The fourth-order valence-electron chi connectivity index (χ4n) is 2.60. The van der Waals surface area contributed by atoms with Gasteiger partial charge in [0.15, 0.2) is 0 Å². The number of alkyl halides is 3. The fraction of sp³-hybridized carbons (Fsp3) is 0.400. The average molecular weight is 281 g/mol. The van der Waals surface area contributed by atoms with Gasteiger partial charge in [-0.3, -0.25) is 0 Å². The van der Waals surface area contributed by atoms with E-state index in [1.165, 1.54) is 12.1 Å². The number of hydrogen-bond acceptors (Lipinski definition) is 2. The summed E-state index contributed by atoms with van der Waals surface area (Å²) in [6.07, 6.45) is -2.58. The van der Waals surface area contributed by atoms with Gasteiger partial charge in [0.05, 0.1) is 17.2 Å². The van der Waals surface area contributed by atoms with E-state index in [0.29, 0.717) is 16.8 Å². The van der Waals surface area contributed by atoms with Crippen LogP contribution in [0.1, 0.15) is 30.0 Å². The molecule has 2 nitrogen and oxygen atoms in total.